The van der Waals surface area contributed by atoms with Gasteiger partial charge in [-0.25, -0.2) is 9.59 Å². The Kier molecular flexibility index (Phi) is 4.06. The maximum Gasteiger partial charge on any atom is 0.329 e. The zero-order valence-electron chi connectivity index (χ0n) is 10.7. The lowest BCUT2D eigenvalue weighted by Gasteiger charge is -2.34. The number of piperidine rings is 1. The van der Waals surface area contributed by atoms with Gasteiger partial charge in [-0.05, 0) is 25.7 Å². The lowest BCUT2D eigenvalue weighted by Crippen LogP contribution is -2.47. The Morgan fingerprint density at radius 1 is 1.28 bits per heavy atom. The van der Waals surface area contributed by atoms with Crippen molar-refractivity contribution in [2.45, 2.75) is 37.8 Å². The lowest BCUT2D eigenvalue weighted by atomic mass is 10.1. The smallest absolute Gasteiger partial charge is 0.329 e. The fraction of sp³-hybridized carbons (Fsp3) is 0.833. The minimum Gasteiger partial charge on any atom is -0.480 e. The molecule has 1 saturated carbocycles. The Morgan fingerprint density at radius 2 is 1.89 bits per heavy atom. The second kappa shape index (κ2) is 5.56. The van der Waals surface area contributed by atoms with Crippen molar-refractivity contribution in [3.8, 4) is 0 Å². The maximum absolute atomic E-state index is 12.1. The van der Waals surface area contributed by atoms with Crippen LogP contribution in [0.2, 0.25) is 0 Å². The Morgan fingerprint density at radius 3 is 2.39 bits per heavy atom. The third-order valence-corrected chi connectivity index (χ3v) is 3.55. The molecule has 18 heavy (non-hydrogen) atoms. The number of carbonyl (C=O) groups is 2. The minimum atomic E-state index is -0.943. The second-order valence-corrected chi connectivity index (χ2v) is 5.02. The van der Waals surface area contributed by atoms with Crippen molar-refractivity contribution in [2.75, 3.05) is 26.7 Å². The summed E-state index contributed by atoms with van der Waals surface area (Å²) in [6.45, 7) is 1.06. The molecule has 6 nitrogen and oxygen atoms in total. The number of carbonyl (C=O) groups excluding carboxylic acids is 1. The number of amides is 2. The molecule has 0 bridgehead atoms. The molecule has 1 aliphatic heterocycles. The van der Waals surface area contributed by atoms with Crippen LogP contribution >= 0.6 is 0 Å². The fourth-order valence-electron chi connectivity index (χ4n) is 2.24. The summed E-state index contributed by atoms with van der Waals surface area (Å²) in [5.41, 5.74) is 0. The molecule has 1 saturated heterocycles. The predicted octanol–water partition coefficient (Wildman–Crippen LogP) is 0.766. The van der Waals surface area contributed by atoms with Crippen molar-refractivity contribution >= 4 is 12.0 Å². The Balaban J connectivity index is 1.72. The molecule has 0 aromatic heterocycles. The van der Waals surface area contributed by atoms with E-state index in [0.29, 0.717) is 19.1 Å². The molecule has 102 valence electrons. The van der Waals surface area contributed by atoms with Crippen LogP contribution in [0, 0.1) is 0 Å². The van der Waals surface area contributed by atoms with Crippen LogP contribution in [-0.4, -0.2) is 65.8 Å². The number of carboxylic acids is 1. The number of rotatable bonds is 4. The van der Waals surface area contributed by atoms with Gasteiger partial charge in [0.25, 0.3) is 0 Å². The predicted molar refractivity (Wildman–Crippen MR) is 64.4 cm³/mol. The fourth-order valence-corrected chi connectivity index (χ4v) is 2.24. The van der Waals surface area contributed by atoms with E-state index in [-0.39, 0.29) is 18.7 Å². The van der Waals surface area contributed by atoms with E-state index in [2.05, 4.69) is 0 Å². The molecule has 0 aromatic carbocycles. The molecule has 2 fully saturated rings. The van der Waals surface area contributed by atoms with E-state index in [1.54, 1.807) is 0 Å². The van der Waals surface area contributed by atoms with Gasteiger partial charge in [0.2, 0.25) is 0 Å². The number of ether oxygens (including phenoxy) is 1. The topological polar surface area (TPSA) is 70.1 Å². The summed E-state index contributed by atoms with van der Waals surface area (Å²) in [6.07, 6.45) is 3.63. The minimum absolute atomic E-state index is 0.0311. The van der Waals surface area contributed by atoms with E-state index >= 15 is 0 Å². The summed E-state index contributed by atoms with van der Waals surface area (Å²) in [7, 11) is 1.85. The van der Waals surface area contributed by atoms with E-state index in [1.807, 2.05) is 16.8 Å². The van der Waals surface area contributed by atoms with E-state index < -0.39 is 5.97 Å². The van der Waals surface area contributed by atoms with Gasteiger partial charge >= 0.3 is 12.0 Å². The van der Waals surface area contributed by atoms with E-state index in [0.717, 1.165) is 25.7 Å². The molecule has 0 spiro atoms. The van der Waals surface area contributed by atoms with Crippen LogP contribution in [0.5, 0.6) is 0 Å². The summed E-state index contributed by atoms with van der Waals surface area (Å²) < 4.78 is 5.24. The number of aliphatic carboxylic acids is 1. The van der Waals surface area contributed by atoms with Crippen LogP contribution in [0.1, 0.15) is 25.7 Å². The highest BCUT2D eigenvalue weighted by Crippen LogP contribution is 2.27. The lowest BCUT2D eigenvalue weighted by molar-refractivity contribution is -0.145. The van der Waals surface area contributed by atoms with Gasteiger partial charge in [-0.2, -0.15) is 0 Å². The van der Waals surface area contributed by atoms with Crippen molar-refractivity contribution < 1.29 is 19.4 Å². The summed E-state index contributed by atoms with van der Waals surface area (Å²) in [6, 6.07) is 0.521. The third-order valence-electron chi connectivity index (χ3n) is 3.55. The molecule has 1 N–H and O–H groups in total. The number of hydrogen-bond acceptors (Lipinski definition) is 3. The van der Waals surface area contributed by atoms with Crippen molar-refractivity contribution in [1.82, 2.24) is 9.80 Å². The van der Waals surface area contributed by atoms with Gasteiger partial charge in [0.05, 0.1) is 6.10 Å². The summed E-state index contributed by atoms with van der Waals surface area (Å²) in [5, 5.41) is 8.53. The molecule has 2 rings (SSSR count). The van der Waals surface area contributed by atoms with Gasteiger partial charge in [-0.3, -0.25) is 0 Å². The number of likely N-dealkylation sites (tertiary alicyclic amines) is 1. The van der Waals surface area contributed by atoms with Gasteiger partial charge in [0.15, 0.2) is 0 Å². The Hall–Kier alpha value is -1.30. The standard InChI is InChI=1S/C12H20N2O4/c1-13(9-2-3-9)12(17)14-6-4-10(5-7-14)18-8-11(15)16/h9-10H,2-8H2,1H3,(H,15,16). The largest absolute Gasteiger partial charge is 0.480 e. The summed E-state index contributed by atoms with van der Waals surface area (Å²) in [4.78, 5) is 26.1. The molecular weight excluding hydrogens is 236 g/mol. The molecule has 2 aliphatic rings. The monoisotopic (exact) mass is 256 g/mol. The van der Waals surface area contributed by atoms with E-state index in [9.17, 15) is 9.59 Å². The Bertz CT molecular complexity index is 322. The first-order valence-electron chi connectivity index (χ1n) is 6.43. The second-order valence-electron chi connectivity index (χ2n) is 5.02. The molecule has 0 aromatic rings. The van der Waals surface area contributed by atoms with Gasteiger partial charge in [-0.1, -0.05) is 0 Å². The normalized spacial score (nSPS) is 20.8. The molecule has 6 heteroatoms. The van der Waals surface area contributed by atoms with Gasteiger partial charge in [0.1, 0.15) is 6.61 Å². The SMILES string of the molecule is CN(C(=O)N1CCC(OCC(=O)O)CC1)C1CC1. The maximum atomic E-state index is 12.1. The average Bonchev–Trinajstić information content (AvgIpc) is 3.19. The Labute approximate surface area is 106 Å². The number of nitrogens with zero attached hydrogens (tertiary/aromatic N) is 2. The highest BCUT2D eigenvalue weighted by Gasteiger charge is 2.33. The zero-order valence-corrected chi connectivity index (χ0v) is 10.7. The van der Waals surface area contributed by atoms with E-state index in [1.165, 1.54) is 0 Å². The van der Waals surface area contributed by atoms with E-state index in [4.69, 9.17) is 9.84 Å². The zero-order chi connectivity index (χ0) is 13.1. The first kappa shape index (κ1) is 13.1. The first-order chi connectivity index (χ1) is 8.58. The van der Waals surface area contributed by atoms with Crippen molar-refractivity contribution in [1.29, 1.82) is 0 Å². The van der Waals surface area contributed by atoms with Crippen molar-refractivity contribution in [2.24, 2.45) is 0 Å². The quantitative estimate of drug-likeness (QED) is 0.806. The highest BCUT2D eigenvalue weighted by molar-refractivity contribution is 5.75. The van der Waals surface area contributed by atoms with Crippen LogP contribution in [0.4, 0.5) is 4.79 Å². The van der Waals surface area contributed by atoms with Crippen LogP contribution in [0.25, 0.3) is 0 Å². The molecule has 0 unspecified atom stereocenters. The third kappa shape index (κ3) is 3.35. The average molecular weight is 256 g/mol. The molecule has 0 radical (unpaired) electrons. The van der Waals surface area contributed by atoms with Gasteiger partial charge < -0.3 is 19.6 Å². The number of hydrogen-bond donors (Lipinski definition) is 1. The molecule has 0 atom stereocenters. The number of urea groups is 1. The van der Waals surface area contributed by atoms with Crippen LogP contribution in [0.15, 0.2) is 0 Å². The van der Waals surface area contributed by atoms with Crippen molar-refractivity contribution in [3.63, 3.8) is 0 Å². The molecule has 1 heterocycles. The summed E-state index contributed by atoms with van der Waals surface area (Å²) >= 11 is 0. The summed E-state index contributed by atoms with van der Waals surface area (Å²) in [5.74, 6) is -0.943. The van der Waals surface area contributed by atoms with Crippen LogP contribution in [-0.2, 0) is 9.53 Å². The van der Waals surface area contributed by atoms with Gasteiger partial charge in [0, 0.05) is 26.2 Å². The van der Waals surface area contributed by atoms with Gasteiger partial charge in [-0.15, -0.1) is 0 Å². The number of carboxylic acid groups (broad SMARTS) is 1. The molecule has 2 amide bonds. The highest BCUT2D eigenvalue weighted by atomic mass is 16.5. The molecule has 1 aliphatic carbocycles. The first-order valence-corrected chi connectivity index (χ1v) is 6.43. The van der Waals surface area contributed by atoms with Crippen LogP contribution < -0.4 is 0 Å². The van der Waals surface area contributed by atoms with Crippen LogP contribution in [0.3, 0.4) is 0 Å². The molecular formula is C12H20N2O4. The van der Waals surface area contributed by atoms with Crippen molar-refractivity contribution in [3.05, 3.63) is 0 Å².